The van der Waals surface area contributed by atoms with Crippen LogP contribution in [0.3, 0.4) is 0 Å². The minimum Gasteiger partial charge on any atom is -0.476 e. The maximum atomic E-state index is 14.1. The van der Waals surface area contributed by atoms with Crippen molar-refractivity contribution in [1.82, 2.24) is 0 Å². The summed E-state index contributed by atoms with van der Waals surface area (Å²) in [5.74, 6) is -9.75. The van der Waals surface area contributed by atoms with Crippen molar-refractivity contribution in [2.45, 2.75) is 19.9 Å². The lowest BCUT2D eigenvalue weighted by atomic mass is 10.1. The third-order valence-electron chi connectivity index (χ3n) is 4.29. The Balaban J connectivity index is 2.06. The van der Waals surface area contributed by atoms with Gasteiger partial charge >= 0.3 is 0 Å². The van der Waals surface area contributed by atoms with Gasteiger partial charge in [-0.05, 0) is 11.5 Å². The summed E-state index contributed by atoms with van der Waals surface area (Å²) in [4.78, 5) is 4.37. The molecule has 0 aromatic heterocycles. The van der Waals surface area contributed by atoms with Crippen LogP contribution in [-0.2, 0) is 4.74 Å². The van der Waals surface area contributed by atoms with Crippen LogP contribution < -0.4 is 5.32 Å². The molecule has 8 heteroatoms. The Hall–Kier alpha value is -2.90. The van der Waals surface area contributed by atoms with E-state index in [9.17, 15) is 22.0 Å². The number of ether oxygens (including phenoxy) is 1. The fourth-order valence-electron chi connectivity index (χ4n) is 2.61. The van der Waals surface area contributed by atoms with Gasteiger partial charge in [-0.3, -0.25) is 0 Å². The maximum Gasteiger partial charge on any atom is 0.211 e. The predicted octanol–water partition coefficient (Wildman–Crippen LogP) is 5.29. The van der Waals surface area contributed by atoms with Gasteiger partial charge in [-0.1, -0.05) is 44.2 Å². The van der Waals surface area contributed by atoms with Gasteiger partial charge in [-0.2, -0.15) is 0 Å². The molecule has 1 aliphatic heterocycles. The lowest BCUT2D eigenvalue weighted by Gasteiger charge is -2.14. The van der Waals surface area contributed by atoms with E-state index in [1.54, 1.807) is 30.3 Å². The van der Waals surface area contributed by atoms with Crippen molar-refractivity contribution in [1.29, 1.82) is 0 Å². The van der Waals surface area contributed by atoms with E-state index in [4.69, 9.17) is 4.74 Å². The van der Waals surface area contributed by atoms with Gasteiger partial charge in [0.2, 0.25) is 11.7 Å². The molecule has 0 spiro atoms. The summed E-state index contributed by atoms with van der Waals surface area (Å²) >= 11 is 0. The normalized spacial score (nSPS) is 16.9. The molecule has 3 nitrogen and oxygen atoms in total. The molecule has 0 saturated carbocycles. The van der Waals surface area contributed by atoms with E-state index in [-0.39, 0.29) is 23.6 Å². The van der Waals surface area contributed by atoms with Gasteiger partial charge in [0, 0.05) is 6.08 Å². The van der Waals surface area contributed by atoms with Crippen LogP contribution in [0, 0.1) is 35.0 Å². The van der Waals surface area contributed by atoms with Crippen molar-refractivity contribution >= 4 is 17.3 Å². The Morgan fingerprint density at radius 1 is 1.00 bits per heavy atom. The first kappa shape index (κ1) is 19.9. The average molecular weight is 396 g/mol. The number of benzene rings is 2. The van der Waals surface area contributed by atoms with Crippen molar-refractivity contribution < 1.29 is 26.7 Å². The molecular weight excluding hydrogens is 379 g/mol. The molecule has 148 valence electrons. The molecule has 1 atom stereocenters. The highest BCUT2D eigenvalue weighted by molar-refractivity contribution is 5.98. The number of hydrogen-bond donors (Lipinski definition) is 1. The molecule has 0 radical (unpaired) electrons. The Kier molecular flexibility index (Phi) is 5.67. The number of nitrogens with zero attached hydrogens (tertiary/aromatic N) is 1. The van der Waals surface area contributed by atoms with Crippen molar-refractivity contribution in [2.75, 3.05) is 11.9 Å². The molecule has 0 saturated heterocycles. The molecule has 0 fully saturated rings. The van der Waals surface area contributed by atoms with E-state index in [0.29, 0.717) is 12.2 Å². The Bertz CT molecular complexity index is 912. The molecular formula is C20H17F5N2O. The number of nitrogens with one attached hydrogen (secondary N) is 1. The first-order chi connectivity index (χ1) is 13.3. The molecule has 1 unspecified atom stereocenters. The number of hydrogen-bond acceptors (Lipinski definition) is 3. The van der Waals surface area contributed by atoms with E-state index >= 15 is 0 Å². The van der Waals surface area contributed by atoms with E-state index in [1.165, 1.54) is 6.08 Å². The zero-order valence-electron chi connectivity index (χ0n) is 15.1. The van der Waals surface area contributed by atoms with Crippen molar-refractivity contribution in [3.63, 3.8) is 0 Å². The minimum atomic E-state index is -2.21. The molecule has 2 aromatic rings. The lowest BCUT2D eigenvalue weighted by molar-refractivity contribution is 0.293. The van der Waals surface area contributed by atoms with Gasteiger partial charge in [-0.15, -0.1) is 0 Å². The molecule has 0 amide bonds. The Morgan fingerprint density at radius 3 is 2.11 bits per heavy atom. The second kappa shape index (κ2) is 8.00. The first-order valence-corrected chi connectivity index (χ1v) is 8.55. The van der Waals surface area contributed by atoms with Crippen LogP contribution in [0.15, 0.2) is 41.4 Å². The summed E-state index contributed by atoms with van der Waals surface area (Å²) in [6.07, 6.45) is 1.37. The number of aliphatic imine (C=N–C) groups is 1. The summed E-state index contributed by atoms with van der Waals surface area (Å²) in [6, 6.07) is 8.19. The van der Waals surface area contributed by atoms with Gasteiger partial charge in [0.15, 0.2) is 23.3 Å². The highest BCUT2D eigenvalue weighted by atomic mass is 19.2. The third kappa shape index (κ3) is 3.85. The zero-order chi connectivity index (χ0) is 20.4. The Labute approximate surface area is 158 Å². The van der Waals surface area contributed by atoms with Crippen LogP contribution in [0.25, 0.3) is 5.70 Å². The standard InChI is InChI=1S/C20H17F5N2O/c1-10(2)13-9-28-14(26-13)8-12(11-6-4-3-5-7-11)27-20-18(24)16(22)15(21)17(23)19(20)25/h3-8,10,13,27H,9H2,1-2H3. The van der Waals surface area contributed by atoms with Gasteiger partial charge in [-0.25, -0.2) is 26.9 Å². The summed E-state index contributed by atoms with van der Waals surface area (Å²) in [5.41, 5.74) is -0.622. The van der Waals surface area contributed by atoms with Gasteiger partial charge < -0.3 is 10.1 Å². The van der Waals surface area contributed by atoms with Crippen LogP contribution >= 0.6 is 0 Å². The van der Waals surface area contributed by atoms with E-state index < -0.39 is 34.8 Å². The van der Waals surface area contributed by atoms with Gasteiger partial charge in [0.25, 0.3) is 0 Å². The van der Waals surface area contributed by atoms with Crippen LogP contribution in [0.1, 0.15) is 19.4 Å². The number of halogens is 5. The minimum absolute atomic E-state index is 0.0759. The zero-order valence-corrected chi connectivity index (χ0v) is 15.1. The molecule has 3 rings (SSSR count). The van der Waals surface area contributed by atoms with Gasteiger partial charge in [0.1, 0.15) is 12.3 Å². The second-order valence-electron chi connectivity index (χ2n) is 6.58. The second-order valence-corrected chi connectivity index (χ2v) is 6.58. The molecule has 1 heterocycles. The fraction of sp³-hybridized carbons (Fsp3) is 0.250. The quantitative estimate of drug-likeness (QED) is 0.423. The SMILES string of the molecule is CC(C)C1COC(C=C(Nc2c(F)c(F)c(F)c(F)c2F)c2ccccc2)=N1. The van der Waals surface area contributed by atoms with E-state index in [2.05, 4.69) is 10.3 Å². The number of anilines is 1. The predicted molar refractivity (Wildman–Crippen MR) is 96.3 cm³/mol. The molecule has 0 aliphatic carbocycles. The van der Waals surface area contributed by atoms with Crippen LogP contribution in [0.2, 0.25) is 0 Å². The smallest absolute Gasteiger partial charge is 0.211 e. The van der Waals surface area contributed by atoms with E-state index in [0.717, 1.165) is 0 Å². The molecule has 1 N–H and O–H groups in total. The highest BCUT2D eigenvalue weighted by Crippen LogP contribution is 2.30. The van der Waals surface area contributed by atoms with Crippen LogP contribution in [0.5, 0.6) is 0 Å². The molecule has 0 bridgehead atoms. The monoisotopic (exact) mass is 396 g/mol. The summed E-state index contributed by atoms with van der Waals surface area (Å²) in [7, 11) is 0. The lowest BCUT2D eigenvalue weighted by Crippen LogP contribution is -2.13. The summed E-state index contributed by atoms with van der Waals surface area (Å²) in [5, 5.41) is 2.32. The summed E-state index contributed by atoms with van der Waals surface area (Å²) < 4.78 is 74.0. The number of rotatable bonds is 5. The van der Waals surface area contributed by atoms with Crippen molar-refractivity contribution in [3.05, 3.63) is 71.1 Å². The van der Waals surface area contributed by atoms with Crippen molar-refractivity contribution in [3.8, 4) is 0 Å². The van der Waals surface area contributed by atoms with Gasteiger partial charge in [0.05, 0.1) is 11.7 Å². The Morgan fingerprint density at radius 2 is 1.57 bits per heavy atom. The average Bonchev–Trinajstić information content (AvgIpc) is 3.17. The topological polar surface area (TPSA) is 33.6 Å². The third-order valence-corrected chi connectivity index (χ3v) is 4.29. The van der Waals surface area contributed by atoms with E-state index in [1.807, 2.05) is 13.8 Å². The maximum absolute atomic E-state index is 14.1. The summed E-state index contributed by atoms with van der Waals surface area (Å²) in [6.45, 7) is 4.28. The molecule has 28 heavy (non-hydrogen) atoms. The van der Waals surface area contributed by atoms with Crippen LogP contribution in [0.4, 0.5) is 27.6 Å². The molecule has 1 aliphatic rings. The largest absolute Gasteiger partial charge is 0.476 e. The van der Waals surface area contributed by atoms with Crippen molar-refractivity contribution in [2.24, 2.45) is 10.9 Å². The fourth-order valence-corrected chi connectivity index (χ4v) is 2.61. The first-order valence-electron chi connectivity index (χ1n) is 8.55. The molecule has 2 aromatic carbocycles. The highest BCUT2D eigenvalue weighted by Gasteiger charge is 2.27. The van der Waals surface area contributed by atoms with Crippen LogP contribution in [-0.4, -0.2) is 18.5 Å².